The average Bonchev–Trinajstić information content (AvgIpc) is 2.72. The highest BCUT2D eigenvalue weighted by Gasteiger charge is 2.23. The van der Waals surface area contributed by atoms with E-state index in [4.69, 9.17) is 4.74 Å². The zero-order valence-corrected chi connectivity index (χ0v) is 16.0. The number of nitrogens with one attached hydrogen (secondary N) is 1. The monoisotopic (exact) mass is 397 g/mol. The Morgan fingerprint density at radius 2 is 1.55 bits per heavy atom. The predicted molar refractivity (Wildman–Crippen MR) is 110 cm³/mol. The fraction of sp³-hybridized carbons (Fsp3) is 0.227. The summed E-state index contributed by atoms with van der Waals surface area (Å²) >= 11 is 0. The van der Waals surface area contributed by atoms with Crippen LogP contribution < -0.4 is 15.0 Å². The van der Waals surface area contributed by atoms with Crippen molar-refractivity contribution >= 4 is 28.2 Å². The molecule has 5 nitrogen and oxygen atoms in total. The molecule has 0 radical (unpaired) electrons. The van der Waals surface area contributed by atoms with Crippen LogP contribution in [-0.2, 0) is 0 Å². The lowest BCUT2D eigenvalue weighted by Gasteiger charge is -2.36. The number of carbonyl (C=O) groups is 1. The number of methoxy groups -OCH3 is 1. The number of halogens is 2. The third kappa shape index (κ3) is 4.08. The summed E-state index contributed by atoms with van der Waals surface area (Å²) < 4.78 is 32.3. The molecule has 3 aromatic rings. The number of benzene rings is 3. The van der Waals surface area contributed by atoms with E-state index in [1.54, 1.807) is 12.0 Å². The molecule has 0 spiro atoms. The number of hydrogen-bond donors (Lipinski definition) is 1. The fourth-order valence-electron chi connectivity index (χ4n) is 3.57. The summed E-state index contributed by atoms with van der Waals surface area (Å²) in [6.07, 6.45) is 0. The van der Waals surface area contributed by atoms with Crippen LogP contribution in [0.3, 0.4) is 0 Å². The zero-order valence-electron chi connectivity index (χ0n) is 16.0. The second-order valence-electron chi connectivity index (χ2n) is 6.93. The molecular formula is C22H21F2N3O2. The summed E-state index contributed by atoms with van der Waals surface area (Å²) in [5, 5.41) is 4.95. The maximum Gasteiger partial charge on any atom is 0.322 e. The number of anilines is 2. The first-order valence-electron chi connectivity index (χ1n) is 9.37. The topological polar surface area (TPSA) is 44.8 Å². The maximum atomic E-state index is 13.5. The molecule has 0 saturated carbocycles. The molecule has 1 heterocycles. The Bertz CT molecular complexity index is 1030. The Balaban J connectivity index is 1.44. The molecule has 29 heavy (non-hydrogen) atoms. The standard InChI is InChI=1S/C22H21F2N3O2/c1-29-21-11-16-5-3-2-4-15(16)10-20(21)25-22(28)27-8-6-26(7-9-27)19-13-17(23)12-18(24)14-19/h2-5,10-14H,6-9H2,1H3,(H,25,28). The molecule has 7 heteroatoms. The van der Waals surface area contributed by atoms with Gasteiger partial charge in [-0.2, -0.15) is 0 Å². The average molecular weight is 397 g/mol. The Labute approximate surface area is 167 Å². The van der Waals surface area contributed by atoms with Gasteiger partial charge in [-0.05, 0) is 35.0 Å². The van der Waals surface area contributed by atoms with Gasteiger partial charge < -0.3 is 19.9 Å². The van der Waals surface area contributed by atoms with Gasteiger partial charge in [0.05, 0.1) is 12.8 Å². The molecule has 0 bridgehead atoms. The number of nitrogens with zero attached hydrogens (tertiary/aromatic N) is 2. The minimum Gasteiger partial charge on any atom is -0.495 e. The highest BCUT2D eigenvalue weighted by molar-refractivity contribution is 5.96. The van der Waals surface area contributed by atoms with Crippen molar-refractivity contribution < 1.29 is 18.3 Å². The molecule has 0 aromatic heterocycles. The molecule has 0 aliphatic carbocycles. The summed E-state index contributed by atoms with van der Waals surface area (Å²) in [7, 11) is 1.57. The van der Waals surface area contributed by atoms with E-state index in [1.807, 2.05) is 41.3 Å². The van der Waals surface area contributed by atoms with E-state index in [0.717, 1.165) is 16.8 Å². The van der Waals surface area contributed by atoms with Gasteiger partial charge in [-0.25, -0.2) is 13.6 Å². The normalized spacial score (nSPS) is 14.2. The molecule has 1 saturated heterocycles. The van der Waals surface area contributed by atoms with Gasteiger partial charge in [-0.3, -0.25) is 0 Å². The number of amides is 2. The number of carbonyl (C=O) groups excluding carboxylic acids is 1. The van der Waals surface area contributed by atoms with Crippen LogP contribution in [0.5, 0.6) is 5.75 Å². The van der Waals surface area contributed by atoms with Crippen LogP contribution in [0.1, 0.15) is 0 Å². The third-order valence-electron chi connectivity index (χ3n) is 5.09. The summed E-state index contributed by atoms with van der Waals surface area (Å²) in [5.41, 5.74) is 1.09. The van der Waals surface area contributed by atoms with Crippen LogP contribution >= 0.6 is 0 Å². The van der Waals surface area contributed by atoms with Gasteiger partial charge in [0, 0.05) is 37.9 Å². The Morgan fingerprint density at radius 3 is 2.17 bits per heavy atom. The number of urea groups is 1. The lowest BCUT2D eigenvalue weighted by atomic mass is 10.1. The van der Waals surface area contributed by atoms with Crippen LogP contribution in [-0.4, -0.2) is 44.2 Å². The van der Waals surface area contributed by atoms with Gasteiger partial charge in [0.15, 0.2) is 0 Å². The molecule has 1 aliphatic heterocycles. The van der Waals surface area contributed by atoms with Crippen molar-refractivity contribution in [3.8, 4) is 5.75 Å². The molecule has 4 rings (SSSR count). The smallest absolute Gasteiger partial charge is 0.322 e. The quantitative estimate of drug-likeness (QED) is 0.709. The van der Waals surface area contributed by atoms with Crippen molar-refractivity contribution in [2.45, 2.75) is 0 Å². The highest BCUT2D eigenvalue weighted by atomic mass is 19.1. The Hall–Kier alpha value is -3.35. The van der Waals surface area contributed by atoms with Gasteiger partial charge in [0.2, 0.25) is 0 Å². The van der Waals surface area contributed by atoms with Crippen molar-refractivity contribution in [3.63, 3.8) is 0 Å². The summed E-state index contributed by atoms with van der Waals surface area (Å²) in [4.78, 5) is 16.3. The number of rotatable bonds is 3. The zero-order chi connectivity index (χ0) is 20.4. The van der Waals surface area contributed by atoms with Gasteiger partial charge in [-0.1, -0.05) is 24.3 Å². The predicted octanol–water partition coefficient (Wildman–Crippen LogP) is 4.48. The summed E-state index contributed by atoms with van der Waals surface area (Å²) in [6.45, 7) is 1.87. The SMILES string of the molecule is COc1cc2ccccc2cc1NC(=O)N1CCN(c2cc(F)cc(F)c2)CC1. The highest BCUT2D eigenvalue weighted by Crippen LogP contribution is 2.30. The van der Waals surface area contributed by atoms with E-state index in [2.05, 4.69) is 5.32 Å². The van der Waals surface area contributed by atoms with Crippen LogP contribution in [0, 0.1) is 11.6 Å². The molecule has 3 aromatic carbocycles. The third-order valence-corrected chi connectivity index (χ3v) is 5.09. The first-order valence-corrected chi connectivity index (χ1v) is 9.37. The Morgan fingerprint density at radius 1 is 0.931 bits per heavy atom. The van der Waals surface area contributed by atoms with Crippen molar-refractivity contribution in [2.75, 3.05) is 43.5 Å². The lowest BCUT2D eigenvalue weighted by molar-refractivity contribution is 0.208. The maximum absolute atomic E-state index is 13.5. The number of fused-ring (bicyclic) bond motifs is 1. The minimum absolute atomic E-state index is 0.233. The molecule has 2 amide bonds. The van der Waals surface area contributed by atoms with Crippen molar-refractivity contribution in [3.05, 3.63) is 66.2 Å². The molecule has 1 N–H and O–H groups in total. The summed E-state index contributed by atoms with van der Waals surface area (Å²) in [5.74, 6) is -0.627. The number of piperazine rings is 1. The van der Waals surface area contributed by atoms with Gasteiger partial charge >= 0.3 is 6.03 Å². The molecule has 0 unspecified atom stereocenters. The van der Waals surface area contributed by atoms with Crippen LogP contribution in [0.2, 0.25) is 0 Å². The lowest BCUT2D eigenvalue weighted by Crippen LogP contribution is -2.50. The first kappa shape index (κ1) is 19.0. The van der Waals surface area contributed by atoms with E-state index < -0.39 is 11.6 Å². The van der Waals surface area contributed by atoms with E-state index in [-0.39, 0.29) is 6.03 Å². The van der Waals surface area contributed by atoms with Crippen LogP contribution in [0.15, 0.2) is 54.6 Å². The van der Waals surface area contributed by atoms with E-state index in [9.17, 15) is 13.6 Å². The second-order valence-corrected chi connectivity index (χ2v) is 6.93. The fourth-order valence-corrected chi connectivity index (χ4v) is 3.57. The molecule has 150 valence electrons. The number of hydrogen-bond acceptors (Lipinski definition) is 3. The Kier molecular flexibility index (Phi) is 5.20. The van der Waals surface area contributed by atoms with Crippen molar-refractivity contribution in [1.29, 1.82) is 0 Å². The minimum atomic E-state index is -0.608. The second kappa shape index (κ2) is 7.95. The van der Waals surface area contributed by atoms with Gasteiger partial charge in [0.1, 0.15) is 17.4 Å². The van der Waals surface area contributed by atoms with E-state index >= 15 is 0 Å². The largest absolute Gasteiger partial charge is 0.495 e. The van der Waals surface area contributed by atoms with E-state index in [0.29, 0.717) is 43.3 Å². The molecule has 1 fully saturated rings. The van der Waals surface area contributed by atoms with Crippen LogP contribution in [0.4, 0.5) is 25.0 Å². The first-order chi connectivity index (χ1) is 14.0. The summed E-state index contributed by atoms with van der Waals surface area (Å²) in [6, 6.07) is 14.8. The van der Waals surface area contributed by atoms with Crippen molar-refractivity contribution in [1.82, 2.24) is 4.90 Å². The molecule has 0 atom stereocenters. The molecule has 1 aliphatic rings. The van der Waals surface area contributed by atoms with Crippen LogP contribution in [0.25, 0.3) is 10.8 Å². The molecular weight excluding hydrogens is 376 g/mol. The number of ether oxygens (including phenoxy) is 1. The van der Waals surface area contributed by atoms with Gasteiger partial charge in [0.25, 0.3) is 0 Å². The van der Waals surface area contributed by atoms with Gasteiger partial charge in [-0.15, -0.1) is 0 Å². The van der Waals surface area contributed by atoms with E-state index in [1.165, 1.54) is 12.1 Å². The van der Waals surface area contributed by atoms with Crippen molar-refractivity contribution in [2.24, 2.45) is 0 Å².